The monoisotopic (exact) mass is 211 g/mol. The number of likely N-dealkylation sites (tertiary alicyclic amines) is 1. The van der Waals surface area contributed by atoms with Crippen LogP contribution in [0, 0.1) is 0 Å². The molecule has 0 aromatic heterocycles. The summed E-state index contributed by atoms with van der Waals surface area (Å²) in [5.74, 6) is 0. The van der Waals surface area contributed by atoms with Crippen molar-refractivity contribution in [2.45, 2.75) is 44.6 Å². The van der Waals surface area contributed by atoms with Gasteiger partial charge in [-0.25, -0.2) is 5.01 Å². The fraction of sp³-hybridized carbons (Fsp3) is 1.00. The van der Waals surface area contributed by atoms with Gasteiger partial charge in [-0.15, -0.1) is 0 Å². The van der Waals surface area contributed by atoms with Crippen molar-refractivity contribution in [1.29, 1.82) is 0 Å². The van der Waals surface area contributed by atoms with E-state index >= 15 is 0 Å². The van der Waals surface area contributed by atoms with Gasteiger partial charge in [-0.2, -0.15) is 0 Å². The Labute approximate surface area is 93.8 Å². The molecule has 0 bridgehead atoms. The van der Waals surface area contributed by atoms with E-state index in [1.54, 1.807) is 0 Å². The van der Waals surface area contributed by atoms with Crippen LogP contribution in [0.4, 0.5) is 0 Å². The lowest BCUT2D eigenvalue weighted by molar-refractivity contribution is 0.110. The van der Waals surface area contributed by atoms with Crippen LogP contribution in [0.25, 0.3) is 0 Å². The minimum absolute atomic E-state index is 0.765. The van der Waals surface area contributed by atoms with E-state index in [4.69, 9.17) is 0 Å². The molecule has 2 aliphatic heterocycles. The lowest BCUT2D eigenvalue weighted by Crippen LogP contribution is -2.49. The smallest absolute Gasteiger partial charge is 0.0258 e. The second kappa shape index (κ2) is 5.83. The maximum absolute atomic E-state index is 3.61. The van der Waals surface area contributed by atoms with Gasteiger partial charge >= 0.3 is 0 Å². The summed E-state index contributed by atoms with van der Waals surface area (Å²) in [7, 11) is 2.27. The summed E-state index contributed by atoms with van der Waals surface area (Å²) >= 11 is 0. The molecule has 3 nitrogen and oxygen atoms in total. The topological polar surface area (TPSA) is 18.5 Å². The third kappa shape index (κ3) is 3.44. The predicted octanol–water partition coefficient (Wildman–Crippen LogP) is 1.46. The highest BCUT2D eigenvalue weighted by Gasteiger charge is 2.19. The van der Waals surface area contributed by atoms with Gasteiger partial charge in [0.2, 0.25) is 0 Å². The highest BCUT2D eigenvalue weighted by atomic mass is 15.5. The highest BCUT2D eigenvalue weighted by Crippen LogP contribution is 2.14. The van der Waals surface area contributed by atoms with E-state index in [0.29, 0.717) is 0 Å². The van der Waals surface area contributed by atoms with Crippen molar-refractivity contribution >= 4 is 0 Å². The molecule has 0 aromatic rings. The molecule has 15 heavy (non-hydrogen) atoms. The van der Waals surface area contributed by atoms with Crippen LogP contribution in [0.5, 0.6) is 0 Å². The first kappa shape index (κ1) is 11.4. The van der Waals surface area contributed by atoms with Crippen LogP contribution in [0.1, 0.15) is 38.5 Å². The van der Waals surface area contributed by atoms with Crippen LogP contribution in [0.15, 0.2) is 0 Å². The number of hydrazine groups is 1. The van der Waals surface area contributed by atoms with E-state index in [1.165, 1.54) is 58.2 Å². The summed E-state index contributed by atoms with van der Waals surface area (Å²) in [6.45, 7) is 4.93. The summed E-state index contributed by atoms with van der Waals surface area (Å²) in [4.78, 5) is 2.51. The maximum atomic E-state index is 3.61. The van der Waals surface area contributed by atoms with Crippen LogP contribution in [-0.2, 0) is 0 Å². The van der Waals surface area contributed by atoms with Gasteiger partial charge in [0.1, 0.15) is 0 Å². The fourth-order valence-electron chi connectivity index (χ4n) is 2.69. The van der Waals surface area contributed by atoms with Crippen molar-refractivity contribution in [2.24, 2.45) is 0 Å². The summed E-state index contributed by atoms with van der Waals surface area (Å²) in [6, 6.07) is 0.765. The lowest BCUT2D eigenvalue weighted by Gasteiger charge is -2.35. The van der Waals surface area contributed by atoms with Gasteiger partial charge in [0.05, 0.1) is 0 Å². The van der Waals surface area contributed by atoms with Crippen molar-refractivity contribution in [3.63, 3.8) is 0 Å². The SMILES string of the molecule is CN1CCCCC1CNN1CCCCC1. The second-order valence-electron chi connectivity index (χ2n) is 5.04. The predicted molar refractivity (Wildman–Crippen MR) is 63.7 cm³/mol. The van der Waals surface area contributed by atoms with Crippen molar-refractivity contribution in [2.75, 3.05) is 33.2 Å². The Morgan fingerprint density at radius 3 is 2.47 bits per heavy atom. The molecule has 2 saturated heterocycles. The first-order chi connectivity index (χ1) is 7.36. The van der Waals surface area contributed by atoms with Gasteiger partial charge in [0.15, 0.2) is 0 Å². The van der Waals surface area contributed by atoms with E-state index in [9.17, 15) is 0 Å². The molecule has 0 saturated carbocycles. The van der Waals surface area contributed by atoms with Gasteiger partial charge in [0.25, 0.3) is 0 Å². The van der Waals surface area contributed by atoms with E-state index in [1.807, 2.05) is 0 Å². The highest BCUT2D eigenvalue weighted by molar-refractivity contribution is 4.76. The molecule has 88 valence electrons. The molecule has 0 aromatic carbocycles. The molecular weight excluding hydrogens is 186 g/mol. The number of hydrogen-bond donors (Lipinski definition) is 1. The van der Waals surface area contributed by atoms with Crippen LogP contribution < -0.4 is 5.43 Å². The molecule has 2 fully saturated rings. The molecule has 1 unspecified atom stereocenters. The molecule has 0 aliphatic carbocycles. The molecule has 0 amide bonds. The van der Waals surface area contributed by atoms with Crippen molar-refractivity contribution < 1.29 is 0 Å². The largest absolute Gasteiger partial charge is 0.302 e. The number of nitrogens with one attached hydrogen (secondary N) is 1. The number of piperidine rings is 2. The van der Waals surface area contributed by atoms with Gasteiger partial charge in [0, 0.05) is 25.7 Å². The minimum Gasteiger partial charge on any atom is -0.302 e. The zero-order valence-electron chi connectivity index (χ0n) is 10.0. The second-order valence-corrected chi connectivity index (χ2v) is 5.04. The third-order valence-corrected chi connectivity index (χ3v) is 3.83. The molecule has 0 spiro atoms. The van der Waals surface area contributed by atoms with E-state index in [0.717, 1.165) is 12.6 Å². The first-order valence-electron chi connectivity index (χ1n) is 6.55. The molecule has 3 heteroatoms. The maximum Gasteiger partial charge on any atom is 0.0258 e. The molecule has 1 N–H and O–H groups in total. The molecule has 2 rings (SSSR count). The summed E-state index contributed by atoms with van der Waals surface area (Å²) in [5.41, 5.74) is 3.61. The van der Waals surface area contributed by atoms with Gasteiger partial charge < -0.3 is 4.90 Å². The number of hydrogen-bond acceptors (Lipinski definition) is 3. The van der Waals surface area contributed by atoms with Crippen LogP contribution >= 0.6 is 0 Å². The van der Waals surface area contributed by atoms with Crippen LogP contribution in [-0.4, -0.2) is 49.2 Å². The fourth-order valence-corrected chi connectivity index (χ4v) is 2.69. The van der Waals surface area contributed by atoms with Gasteiger partial charge in [-0.3, -0.25) is 5.43 Å². The Morgan fingerprint density at radius 1 is 1.00 bits per heavy atom. The first-order valence-corrected chi connectivity index (χ1v) is 6.55. The minimum atomic E-state index is 0.765. The van der Waals surface area contributed by atoms with E-state index in [-0.39, 0.29) is 0 Å². The van der Waals surface area contributed by atoms with Gasteiger partial charge in [-0.1, -0.05) is 12.8 Å². The molecule has 2 heterocycles. The van der Waals surface area contributed by atoms with Gasteiger partial charge in [-0.05, 0) is 39.3 Å². The molecular formula is C12H25N3. The van der Waals surface area contributed by atoms with Crippen molar-refractivity contribution in [3.05, 3.63) is 0 Å². The normalized spacial score (nSPS) is 30.6. The lowest BCUT2D eigenvalue weighted by atomic mass is 10.0. The average Bonchev–Trinajstić information content (AvgIpc) is 2.29. The third-order valence-electron chi connectivity index (χ3n) is 3.83. The standard InChI is InChI=1S/C12H25N3/c1-14-8-6-3-7-12(14)11-13-15-9-4-2-5-10-15/h12-13H,2-11H2,1H3. The molecule has 1 atom stereocenters. The summed E-state index contributed by atoms with van der Waals surface area (Å²) in [6.07, 6.45) is 8.33. The van der Waals surface area contributed by atoms with Crippen molar-refractivity contribution in [3.8, 4) is 0 Å². The average molecular weight is 211 g/mol. The Morgan fingerprint density at radius 2 is 1.73 bits per heavy atom. The quantitative estimate of drug-likeness (QED) is 0.762. The van der Waals surface area contributed by atoms with Crippen LogP contribution in [0.3, 0.4) is 0 Å². The van der Waals surface area contributed by atoms with E-state index < -0.39 is 0 Å². The Kier molecular flexibility index (Phi) is 4.42. The number of rotatable bonds is 3. The Bertz CT molecular complexity index is 178. The number of nitrogens with zero attached hydrogens (tertiary/aromatic N) is 2. The Balaban J connectivity index is 1.67. The summed E-state index contributed by atoms with van der Waals surface area (Å²) in [5, 5.41) is 2.42. The summed E-state index contributed by atoms with van der Waals surface area (Å²) < 4.78 is 0. The van der Waals surface area contributed by atoms with Crippen LogP contribution in [0.2, 0.25) is 0 Å². The Hall–Kier alpha value is -0.120. The van der Waals surface area contributed by atoms with E-state index in [2.05, 4.69) is 22.4 Å². The zero-order valence-corrected chi connectivity index (χ0v) is 10.0. The zero-order chi connectivity index (χ0) is 10.5. The number of likely N-dealkylation sites (N-methyl/N-ethyl adjacent to an activating group) is 1. The molecule has 0 radical (unpaired) electrons. The van der Waals surface area contributed by atoms with Crippen molar-refractivity contribution in [1.82, 2.24) is 15.3 Å². The molecule has 2 aliphatic rings.